The minimum atomic E-state index is -2.67. The van der Waals surface area contributed by atoms with Crippen molar-refractivity contribution in [3.63, 3.8) is 0 Å². The van der Waals surface area contributed by atoms with E-state index in [9.17, 15) is 0 Å². The molecule has 0 N–H and O–H groups in total. The molecule has 0 aliphatic carbocycles. The summed E-state index contributed by atoms with van der Waals surface area (Å²) in [5.74, 6) is 0. The quantitative estimate of drug-likeness (QED) is 0.245. The van der Waals surface area contributed by atoms with E-state index in [4.69, 9.17) is 20.9 Å². The van der Waals surface area contributed by atoms with Gasteiger partial charge in [0.2, 0.25) is 0 Å². The summed E-state index contributed by atoms with van der Waals surface area (Å²) >= 11 is 0. The zero-order valence-corrected chi connectivity index (χ0v) is 26.3. The molecule has 0 saturated heterocycles. The monoisotopic (exact) mass is 485 g/mol. The van der Waals surface area contributed by atoms with Crippen molar-refractivity contribution in [3.8, 4) is 0 Å². The average Bonchev–Trinajstić information content (AvgIpc) is 2.25. The first kappa shape index (κ1) is 28.1. The van der Waals surface area contributed by atoms with Crippen molar-refractivity contribution in [2.45, 2.75) is 97.6 Å². The normalized spacial score (nSPS) is 14.9. The van der Waals surface area contributed by atoms with Crippen molar-refractivity contribution in [2.24, 2.45) is 0 Å². The summed E-state index contributed by atoms with van der Waals surface area (Å²) < 4.78 is 31.7. The standard InChI is InChI=1S/C16H45O5Si6/c1-23(2,3)18-22(19-24(4,5)6)16-14-15-17-27(13,20-25(7,8)9)21-26(10,11)12/h15,22H,14,16H2,1-13H3. The maximum atomic E-state index is 6.38. The second kappa shape index (κ2) is 10.4. The van der Waals surface area contributed by atoms with Gasteiger partial charge in [0.15, 0.2) is 33.3 Å². The smallest absolute Gasteiger partial charge is 0.439 e. The van der Waals surface area contributed by atoms with Crippen molar-refractivity contribution < 1.29 is 20.9 Å². The summed E-state index contributed by atoms with van der Waals surface area (Å²) in [6.45, 7) is 30.4. The molecule has 0 bridgehead atoms. The van der Waals surface area contributed by atoms with Crippen molar-refractivity contribution in [1.29, 1.82) is 0 Å². The molecule has 0 aliphatic heterocycles. The summed E-state index contributed by atoms with van der Waals surface area (Å²) in [4.78, 5) is 0. The van der Waals surface area contributed by atoms with Crippen molar-refractivity contribution in [3.05, 3.63) is 6.61 Å². The van der Waals surface area contributed by atoms with Crippen LogP contribution >= 0.6 is 0 Å². The van der Waals surface area contributed by atoms with Gasteiger partial charge in [-0.05, 0) is 91.0 Å². The van der Waals surface area contributed by atoms with Crippen LogP contribution in [-0.2, 0) is 20.9 Å². The van der Waals surface area contributed by atoms with Crippen LogP contribution in [0.15, 0.2) is 0 Å². The first-order chi connectivity index (χ1) is 11.7. The van der Waals surface area contributed by atoms with Gasteiger partial charge >= 0.3 is 18.1 Å². The van der Waals surface area contributed by atoms with Gasteiger partial charge in [-0.15, -0.1) is 0 Å². The molecule has 0 rings (SSSR count). The molecule has 11 heteroatoms. The van der Waals surface area contributed by atoms with Gasteiger partial charge in [0.25, 0.3) is 0 Å². The van der Waals surface area contributed by atoms with Crippen molar-refractivity contribution in [1.82, 2.24) is 0 Å². The maximum Gasteiger partial charge on any atom is 0.477 e. The van der Waals surface area contributed by atoms with Crippen molar-refractivity contribution >= 4 is 51.4 Å². The Morgan fingerprint density at radius 1 is 0.593 bits per heavy atom. The topological polar surface area (TPSA) is 46.2 Å². The summed E-state index contributed by atoms with van der Waals surface area (Å²) in [5, 5.41) is 0. The lowest BCUT2D eigenvalue weighted by atomic mass is 10.5. The van der Waals surface area contributed by atoms with E-state index in [0.717, 1.165) is 12.5 Å². The average molecular weight is 486 g/mol. The van der Waals surface area contributed by atoms with Gasteiger partial charge < -0.3 is 20.9 Å². The van der Waals surface area contributed by atoms with E-state index < -0.39 is 51.4 Å². The molecule has 27 heavy (non-hydrogen) atoms. The predicted molar refractivity (Wildman–Crippen MR) is 131 cm³/mol. The molecule has 163 valence electrons. The third kappa shape index (κ3) is 17.7. The molecule has 0 amide bonds. The van der Waals surface area contributed by atoms with Crippen LogP contribution in [0.1, 0.15) is 6.42 Å². The van der Waals surface area contributed by atoms with Crippen LogP contribution in [0.5, 0.6) is 0 Å². The molecule has 0 aliphatic rings. The molecule has 0 spiro atoms. The molecule has 0 atom stereocenters. The molecule has 0 aromatic carbocycles. The van der Waals surface area contributed by atoms with E-state index >= 15 is 0 Å². The molecule has 0 aromatic rings. The highest BCUT2D eigenvalue weighted by Gasteiger charge is 2.43. The summed E-state index contributed by atoms with van der Waals surface area (Å²) in [6.07, 6.45) is 0.818. The van der Waals surface area contributed by atoms with Gasteiger partial charge in [-0.1, -0.05) is 0 Å². The first-order valence-corrected chi connectivity index (χ1v) is 27.6. The van der Waals surface area contributed by atoms with Gasteiger partial charge in [0, 0.05) is 6.55 Å². The lowest BCUT2D eigenvalue weighted by Gasteiger charge is -2.37. The molecule has 1 radical (unpaired) electrons. The Balaban J connectivity index is 4.82. The number of hydrogen-bond donors (Lipinski definition) is 0. The number of hydrogen-bond acceptors (Lipinski definition) is 5. The van der Waals surface area contributed by atoms with Crippen LogP contribution in [0.2, 0.25) is 91.2 Å². The molecule has 0 aromatic heterocycles. The fourth-order valence-corrected chi connectivity index (χ4v) is 21.1. The van der Waals surface area contributed by atoms with E-state index in [0.29, 0.717) is 0 Å². The van der Waals surface area contributed by atoms with Gasteiger partial charge in [-0.3, -0.25) is 0 Å². The van der Waals surface area contributed by atoms with Crippen LogP contribution < -0.4 is 0 Å². The highest BCUT2D eigenvalue weighted by atomic mass is 28.5. The van der Waals surface area contributed by atoms with E-state index in [2.05, 4.69) is 78.6 Å². The van der Waals surface area contributed by atoms with E-state index in [1.165, 1.54) is 0 Å². The van der Waals surface area contributed by atoms with Gasteiger partial charge in [0.05, 0.1) is 6.61 Å². The highest BCUT2D eigenvalue weighted by molar-refractivity contribution is 6.85. The summed E-state index contributed by atoms with van der Waals surface area (Å²) in [6, 6.07) is 0.929. The molecule has 0 saturated carbocycles. The van der Waals surface area contributed by atoms with Crippen LogP contribution in [0.4, 0.5) is 0 Å². The van der Waals surface area contributed by atoms with Gasteiger partial charge in [-0.25, -0.2) is 0 Å². The minimum Gasteiger partial charge on any atom is -0.439 e. The van der Waals surface area contributed by atoms with Gasteiger partial charge in [0.1, 0.15) is 0 Å². The molecule has 0 heterocycles. The predicted octanol–water partition coefficient (Wildman–Crippen LogP) is 5.75. The molecular weight excluding hydrogens is 441 g/mol. The Kier molecular flexibility index (Phi) is 10.8. The molecule has 5 nitrogen and oxygen atoms in total. The Labute approximate surface area is 176 Å². The van der Waals surface area contributed by atoms with Crippen molar-refractivity contribution in [2.75, 3.05) is 0 Å². The molecule has 0 unspecified atom stereocenters. The number of rotatable bonds is 13. The lowest BCUT2D eigenvalue weighted by molar-refractivity contribution is 0.205. The second-order valence-corrected chi connectivity index (χ2v) is 34.9. The third-order valence-electron chi connectivity index (χ3n) is 2.77. The minimum absolute atomic E-state index is 0.818. The molecule has 0 fully saturated rings. The zero-order valence-electron chi connectivity index (χ0n) is 20.1. The fourth-order valence-electron chi connectivity index (χ4n) is 2.53. The van der Waals surface area contributed by atoms with E-state index in [1.807, 2.05) is 13.2 Å². The largest absolute Gasteiger partial charge is 0.477 e. The zero-order chi connectivity index (χ0) is 21.7. The van der Waals surface area contributed by atoms with Crippen LogP contribution in [-0.4, -0.2) is 51.4 Å². The van der Waals surface area contributed by atoms with Crippen LogP contribution in [0.25, 0.3) is 0 Å². The Morgan fingerprint density at radius 3 is 1.26 bits per heavy atom. The fraction of sp³-hybridized carbons (Fsp3) is 0.938. The maximum absolute atomic E-state index is 6.38. The van der Waals surface area contributed by atoms with Gasteiger partial charge in [-0.2, -0.15) is 0 Å². The highest BCUT2D eigenvalue weighted by Crippen LogP contribution is 2.24. The SMILES string of the molecule is C[Si](C)(C)O[SiH](CC[CH]O[Si](C)(O[Si](C)(C)C)O[Si](C)(C)C)O[Si](C)(C)C. The van der Waals surface area contributed by atoms with Crippen LogP contribution in [0, 0.1) is 6.61 Å². The summed E-state index contributed by atoms with van der Waals surface area (Å²) in [5.41, 5.74) is 0. The third-order valence-corrected chi connectivity index (χ3v) is 19.8. The summed E-state index contributed by atoms with van der Waals surface area (Å²) in [7, 11) is -11.1. The van der Waals surface area contributed by atoms with Crippen LogP contribution in [0.3, 0.4) is 0 Å². The Hall–Kier alpha value is 1.10. The van der Waals surface area contributed by atoms with E-state index in [1.54, 1.807) is 0 Å². The van der Waals surface area contributed by atoms with E-state index in [-0.39, 0.29) is 0 Å². The first-order valence-electron chi connectivity index (χ1n) is 9.95. The molecular formula is C16H45O5Si6. The Bertz CT molecular complexity index is 405. The second-order valence-electron chi connectivity index (χ2n) is 11.0. The Morgan fingerprint density at radius 2 is 0.963 bits per heavy atom. The lowest BCUT2D eigenvalue weighted by Crippen LogP contribution is -2.54.